The lowest BCUT2D eigenvalue weighted by atomic mass is 9.89. The molecular formula is C22H23N5O2. The molecule has 148 valence electrons. The summed E-state index contributed by atoms with van der Waals surface area (Å²) >= 11 is 0. The number of carbonyl (C=O) groups is 1. The van der Waals surface area contributed by atoms with E-state index < -0.39 is 0 Å². The highest BCUT2D eigenvalue weighted by atomic mass is 16.3. The van der Waals surface area contributed by atoms with E-state index in [4.69, 9.17) is 9.40 Å². The number of nitrogens with zero attached hydrogens (tertiary/aromatic N) is 4. The molecule has 7 heteroatoms. The van der Waals surface area contributed by atoms with Crippen molar-refractivity contribution in [1.82, 2.24) is 19.9 Å². The third-order valence-corrected chi connectivity index (χ3v) is 5.62. The fourth-order valence-electron chi connectivity index (χ4n) is 3.85. The molecule has 1 N–H and O–H groups in total. The summed E-state index contributed by atoms with van der Waals surface area (Å²) in [4.78, 5) is 28.0. The largest absolute Gasteiger partial charge is 0.459 e. The molecule has 1 saturated carbocycles. The van der Waals surface area contributed by atoms with E-state index in [-0.39, 0.29) is 11.8 Å². The van der Waals surface area contributed by atoms with Crippen molar-refractivity contribution in [2.45, 2.75) is 37.6 Å². The maximum absolute atomic E-state index is 12.6. The Bertz CT molecular complexity index is 978. The molecule has 29 heavy (non-hydrogen) atoms. The molecule has 0 radical (unpaired) electrons. The van der Waals surface area contributed by atoms with Gasteiger partial charge >= 0.3 is 0 Å². The summed E-state index contributed by atoms with van der Waals surface area (Å²) in [6, 6.07) is 7.95. The van der Waals surface area contributed by atoms with Gasteiger partial charge in [0.1, 0.15) is 0 Å². The Morgan fingerprint density at radius 1 is 1.10 bits per heavy atom. The van der Waals surface area contributed by atoms with Gasteiger partial charge in [-0.1, -0.05) is 0 Å². The van der Waals surface area contributed by atoms with Crippen LogP contribution in [0.4, 0.5) is 5.95 Å². The van der Waals surface area contributed by atoms with Gasteiger partial charge in [0.15, 0.2) is 5.76 Å². The number of rotatable bonds is 5. The number of nitrogens with one attached hydrogen (secondary N) is 1. The van der Waals surface area contributed by atoms with Crippen LogP contribution in [0.5, 0.6) is 0 Å². The molecule has 0 aromatic carbocycles. The average molecular weight is 389 g/mol. The zero-order chi connectivity index (χ0) is 19.6. The Labute approximate surface area is 169 Å². The molecule has 7 nitrogen and oxygen atoms in total. The molecule has 2 fully saturated rings. The quantitative estimate of drug-likeness (QED) is 0.716. The van der Waals surface area contributed by atoms with Gasteiger partial charge in [0.05, 0.1) is 12.0 Å². The summed E-state index contributed by atoms with van der Waals surface area (Å²) in [5.41, 5.74) is 3.17. The number of carbonyl (C=O) groups excluding carboxylic acids is 1. The van der Waals surface area contributed by atoms with Crippen LogP contribution in [0.25, 0.3) is 11.1 Å². The smallest absolute Gasteiger partial charge is 0.289 e. The minimum atomic E-state index is -0.0402. The number of furan rings is 1. The van der Waals surface area contributed by atoms with Crippen molar-refractivity contribution in [1.29, 1.82) is 0 Å². The van der Waals surface area contributed by atoms with Crippen molar-refractivity contribution < 1.29 is 9.21 Å². The fraction of sp³-hybridized carbons (Fsp3) is 0.364. The van der Waals surface area contributed by atoms with E-state index in [1.54, 1.807) is 24.5 Å². The summed E-state index contributed by atoms with van der Waals surface area (Å²) in [5, 5.41) is 3.41. The molecule has 4 heterocycles. The SMILES string of the molecule is O=C(c1ccco1)N1CCC(c2nc(NC3CC3)ncc2-c2ccncc2)CC1. The van der Waals surface area contributed by atoms with Crippen molar-refractivity contribution in [3.8, 4) is 11.1 Å². The van der Waals surface area contributed by atoms with E-state index in [2.05, 4.69) is 15.3 Å². The lowest BCUT2D eigenvalue weighted by Crippen LogP contribution is -2.38. The highest BCUT2D eigenvalue weighted by molar-refractivity contribution is 5.91. The summed E-state index contributed by atoms with van der Waals surface area (Å²) in [6.45, 7) is 1.38. The second-order valence-electron chi connectivity index (χ2n) is 7.69. The van der Waals surface area contributed by atoms with E-state index in [0.29, 0.717) is 30.8 Å². The molecule has 5 rings (SSSR count). The van der Waals surface area contributed by atoms with Gasteiger partial charge in [-0.25, -0.2) is 9.97 Å². The molecule has 2 aliphatic rings. The van der Waals surface area contributed by atoms with E-state index >= 15 is 0 Å². The third-order valence-electron chi connectivity index (χ3n) is 5.62. The van der Waals surface area contributed by atoms with Gasteiger partial charge in [-0.15, -0.1) is 0 Å². The predicted octanol–water partition coefficient (Wildman–Crippen LogP) is 3.73. The number of piperidine rings is 1. The average Bonchev–Trinajstić information content (AvgIpc) is 3.42. The number of anilines is 1. The Morgan fingerprint density at radius 2 is 1.90 bits per heavy atom. The lowest BCUT2D eigenvalue weighted by molar-refractivity contribution is 0.0680. The molecule has 0 bridgehead atoms. The van der Waals surface area contributed by atoms with Gasteiger partial charge in [-0.3, -0.25) is 9.78 Å². The van der Waals surface area contributed by atoms with Gasteiger partial charge in [-0.05, 0) is 55.5 Å². The first kappa shape index (κ1) is 17.8. The van der Waals surface area contributed by atoms with Crippen molar-refractivity contribution in [2.24, 2.45) is 0 Å². The molecule has 1 aliphatic carbocycles. The van der Waals surface area contributed by atoms with Crippen LogP contribution in [0.2, 0.25) is 0 Å². The van der Waals surface area contributed by atoms with Gasteiger partial charge in [0.25, 0.3) is 5.91 Å². The maximum Gasteiger partial charge on any atom is 0.289 e. The summed E-state index contributed by atoms with van der Waals surface area (Å²) in [5.74, 6) is 1.34. The topological polar surface area (TPSA) is 84.2 Å². The first-order valence-corrected chi connectivity index (χ1v) is 10.1. The second kappa shape index (κ2) is 7.66. The van der Waals surface area contributed by atoms with Gasteiger partial charge in [-0.2, -0.15) is 0 Å². The standard InChI is InChI=1S/C22H23N5O2/c28-21(19-2-1-13-29-19)27-11-7-16(8-12-27)20-18(15-5-9-23-10-6-15)14-24-22(26-20)25-17-3-4-17/h1-2,5-6,9-10,13-14,16-17H,3-4,7-8,11-12H2,(H,24,25,26). The van der Waals surface area contributed by atoms with E-state index in [0.717, 1.165) is 29.7 Å². The van der Waals surface area contributed by atoms with Crippen LogP contribution in [-0.4, -0.2) is 44.9 Å². The minimum absolute atomic E-state index is 0.0402. The number of aromatic nitrogens is 3. The normalized spacial score (nSPS) is 17.3. The molecule has 1 amide bonds. The van der Waals surface area contributed by atoms with Crippen LogP contribution < -0.4 is 5.32 Å². The number of amides is 1. The highest BCUT2D eigenvalue weighted by Crippen LogP contribution is 2.35. The van der Waals surface area contributed by atoms with Crippen LogP contribution in [0, 0.1) is 0 Å². The number of likely N-dealkylation sites (tertiary alicyclic amines) is 1. The van der Waals surface area contributed by atoms with E-state index in [1.807, 2.05) is 23.2 Å². The Balaban J connectivity index is 1.38. The van der Waals surface area contributed by atoms with Crippen LogP contribution >= 0.6 is 0 Å². The highest BCUT2D eigenvalue weighted by Gasteiger charge is 2.29. The van der Waals surface area contributed by atoms with Gasteiger partial charge in [0, 0.05) is 49.2 Å². The fourth-order valence-corrected chi connectivity index (χ4v) is 3.85. The molecule has 1 aliphatic heterocycles. The molecule has 0 unspecified atom stereocenters. The Morgan fingerprint density at radius 3 is 2.59 bits per heavy atom. The lowest BCUT2D eigenvalue weighted by Gasteiger charge is -2.32. The van der Waals surface area contributed by atoms with Crippen molar-refractivity contribution in [3.63, 3.8) is 0 Å². The summed E-state index contributed by atoms with van der Waals surface area (Å²) in [6.07, 6.45) is 11.1. The van der Waals surface area contributed by atoms with Gasteiger partial charge < -0.3 is 14.6 Å². The molecular weight excluding hydrogens is 366 g/mol. The molecule has 0 atom stereocenters. The number of pyridine rings is 1. The number of hydrogen-bond donors (Lipinski definition) is 1. The Kier molecular flexibility index (Phi) is 4.71. The van der Waals surface area contributed by atoms with Crippen molar-refractivity contribution >= 4 is 11.9 Å². The predicted molar refractivity (Wildman–Crippen MR) is 108 cm³/mol. The molecule has 3 aromatic heterocycles. The van der Waals surface area contributed by atoms with Crippen molar-refractivity contribution in [3.05, 3.63) is 60.6 Å². The summed E-state index contributed by atoms with van der Waals surface area (Å²) in [7, 11) is 0. The first-order chi connectivity index (χ1) is 14.3. The third kappa shape index (κ3) is 3.85. The number of hydrogen-bond acceptors (Lipinski definition) is 6. The minimum Gasteiger partial charge on any atom is -0.459 e. The molecule has 0 spiro atoms. The van der Waals surface area contributed by atoms with Crippen LogP contribution in [-0.2, 0) is 0 Å². The zero-order valence-corrected chi connectivity index (χ0v) is 16.1. The monoisotopic (exact) mass is 389 g/mol. The van der Waals surface area contributed by atoms with E-state index in [9.17, 15) is 4.79 Å². The summed E-state index contributed by atoms with van der Waals surface area (Å²) < 4.78 is 5.27. The van der Waals surface area contributed by atoms with Gasteiger partial charge in [0.2, 0.25) is 5.95 Å². The van der Waals surface area contributed by atoms with Crippen LogP contribution in [0.1, 0.15) is 47.8 Å². The zero-order valence-electron chi connectivity index (χ0n) is 16.1. The van der Waals surface area contributed by atoms with Crippen LogP contribution in [0.3, 0.4) is 0 Å². The van der Waals surface area contributed by atoms with Crippen LogP contribution in [0.15, 0.2) is 53.5 Å². The maximum atomic E-state index is 12.6. The van der Waals surface area contributed by atoms with Crippen molar-refractivity contribution in [2.75, 3.05) is 18.4 Å². The molecule has 3 aromatic rings. The first-order valence-electron chi connectivity index (χ1n) is 10.1. The van der Waals surface area contributed by atoms with E-state index in [1.165, 1.54) is 19.1 Å². The Hall–Kier alpha value is -3.22. The second-order valence-corrected chi connectivity index (χ2v) is 7.69. The molecule has 1 saturated heterocycles.